The lowest BCUT2D eigenvalue weighted by atomic mass is 9.47. The highest BCUT2D eigenvalue weighted by atomic mass is 16.3. The Kier molecular flexibility index (Phi) is 4.80. The van der Waals surface area contributed by atoms with Crippen LogP contribution in [0.3, 0.4) is 0 Å². The van der Waals surface area contributed by atoms with Gasteiger partial charge in [-0.1, -0.05) is 25.3 Å². The Morgan fingerprint density at radius 3 is 2.42 bits per heavy atom. The van der Waals surface area contributed by atoms with Crippen molar-refractivity contribution in [2.24, 2.45) is 17.3 Å². The minimum absolute atomic E-state index is 0.0109. The van der Waals surface area contributed by atoms with Crippen LogP contribution >= 0.6 is 0 Å². The summed E-state index contributed by atoms with van der Waals surface area (Å²) in [5, 5.41) is 26.4. The van der Waals surface area contributed by atoms with E-state index in [0.717, 1.165) is 69.6 Å². The molecule has 5 aliphatic rings. The second kappa shape index (κ2) is 7.41. The van der Waals surface area contributed by atoms with E-state index in [-0.39, 0.29) is 11.5 Å². The summed E-state index contributed by atoms with van der Waals surface area (Å²) in [5.41, 5.74) is -1.49. The number of anilines is 1. The maximum absolute atomic E-state index is 13.6. The van der Waals surface area contributed by atoms with Gasteiger partial charge in [0.05, 0.1) is 23.2 Å². The van der Waals surface area contributed by atoms with E-state index >= 15 is 0 Å². The second-order valence-electron chi connectivity index (χ2n) is 11.7. The lowest BCUT2D eigenvalue weighted by Gasteiger charge is -2.59. The number of aliphatic hydroxyl groups is 2. The third-order valence-corrected chi connectivity index (χ3v) is 9.03. The van der Waals surface area contributed by atoms with Crippen LogP contribution in [0.2, 0.25) is 0 Å². The number of hydrogen-bond donors (Lipinski definition) is 3. The number of pyridine rings is 1. The predicted octanol–water partition coefficient (Wildman–Crippen LogP) is 3.97. The first kappa shape index (κ1) is 21.4. The molecule has 3 N–H and O–H groups in total. The van der Waals surface area contributed by atoms with Gasteiger partial charge in [0.25, 0.3) is 5.56 Å². The van der Waals surface area contributed by atoms with E-state index in [0.29, 0.717) is 35.9 Å². The van der Waals surface area contributed by atoms with Gasteiger partial charge >= 0.3 is 0 Å². The van der Waals surface area contributed by atoms with Gasteiger partial charge in [0.1, 0.15) is 0 Å². The average molecular weight is 451 g/mol. The van der Waals surface area contributed by atoms with Crippen molar-refractivity contribution in [1.82, 2.24) is 4.57 Å². The van der Waals surface area contributed by atoms with Crippen LogP contribution in [0, 0.1) is 17.3 Å². The van der Waals surface area contributed by atoms with Crippen molar-refractivity contribution in [2.45, 2.75) is 88.4 Å². The fourth-order valence-corrected chi connectivity index (χ4v) is 7.97. The monoisotopic (exact) mass is 450 g/mol. The molecule has 5 saturated carbocycles. The Hall–Kier alpha value is -2.18. The summed E-state index contributed by atoms with van der Waals surface area (Å²) in [6.07, 6.45) is 11.4. The number of hydrogen-bond acceptors (Lipinski definition) is 4. The van der Waals surface area contributed by atoms with E-state index in [2.05, 4.69) is 5.32 Å². The van der Waals surface area contributed by atoms with Crippen molar-refractivity contribution >= 4 is 22.4 Å². The zero-order valence-corrected chi connectivity index (χ0v) is 19.2. The summed E-state index contributed by atoms with van der Waals surface area (Å²) in [7, 11) is 0. The van der Waals surface area contributed by atoms with Gasteiger partial charge in [-0.05, 0) is 81.4 Å². The molecule has 0 radical (unpaired) electrons. The zero-order valence-electron chi connectivity index (χ0n) is 19.2. The molecular weight excluding hydrogens is 416 g/mol. The molecule has 176 valence electrons. The van der Waals surface area contributed by atoms with Crippen LogP contribution in [0.15, 0.2) is 35.3 Å². The molecule has 6 nitrogen and oxygen atoms in total. The van der Waals surface area contributed by atoms with Crippen LogP contribution in [0.4, 0.5) is 5.69 Å². The summed E-state index contributed by atoms with van der Waals surface area (Å²) in [5.74, 6) is 0.864. The molecule has 1 aromatic heterocycles. The number of aromatic nitrogens is 1. The summed E-state index contributed by atoms with van der Waals surface area (Å²) < 4.78 is 1.62. The lowest BCUT2D eigenvalue weighted by molar-refractivity contribution is -0.174. The molecule has 1 amide bonds. The third-order valence-electron chi connectivity index (χ3n) is 9.03. The topological polar surface area (TPSA) is 91.6 Å². The van der Waals surface area contributed by atoms with Crippen LogP contribution < -0.4 is 10.9 Å². The van der Waals surface area contributed by atoms with Gasteiger partial charge in [-0.2, -0.15) is 0 Å². The van der Waals surface area contributed by atoms with Crippen molar-refractivity contribution in [1.29, 1.82) is 0 Å². The molecule has 0 aliphatic heterocycles. The van der Waals surface area contributed by atoms with Gasteiger partial charge in [-0.3, -0.25) is 9.59 Å². The minimum Gasteiger partial charge on any atom is -0.390 e. The standard InChI is InChI=1S/C27H34N2O4/c30-23-21-5-4-6-22(20(21)7-10-29(23)17-26(32)8-2-1-3-9-26)28-24(31)25-12-18-11-19(13-25)15-27(33,14-18)16-25/h4-7,10,18-19,32-33H,1-3,8-9,11-17H2,(H,28,31). The molecule has 1 aromatic carbocycles. The normalized spacial score (nSPS) is 34.5. The van der Waals surface area contributed by atoms with Gasteiger partial charge in [-0.15, -0.1) is 0 Å². The third kappa shape index (κ3) is 3.62. The molecule has 33 heavy (non-hydrogen) atoms. The molecule has 2 aromatic rings. The second-order valence-corrected chi connectivity index (χ2v) is 11.7. The maximum Gasteiger partial charge on any atom is 0.258 e. The highest BCUT2D eigenvalue weighted by molar-refractivity contribution is 6.04. The van der Waals surface area contributed by atoms with Crippen molar-refractivity contribution < 1.29 is 15.0 Å². The van der Waals surface area contributed by atoms with Crippen molar-refractivity contribution in [3.8, 4) is 0 Å². The Bertz CT molecular complexity index is 1150. The molecule has 4 bridgehead atoms. The Labute approximate surface area is 194 Å². The fourth-order valence-electron chi connectivity index (χ4n) is 7.97. The first-order valence-electron chi connectivity index (χ1n) is 12.7. The van der Waals surface area contributed by atoms with Gasteiger partial charge < -0.3 is 20.1 Å². The smallest absolute Gasteiger partial charge is 0.258 e. The van der Waals surface area contributed by atoms with Gasteiger partial charge in [0, 0.05) is 22.7 Å². The highest BCUT2D eigenvalue weighted by Crippen LogP contribution is 2.61. The van der Waals surface area contributed by atoms with Crippen molar-refractivity contribution in [3.63, 3.8) is 0 Å². The van der Waals surface area contributed by atoms with E-state index in [1.54, 1.807) is 16.8 Å². The largest absolute Gasteiger partial charge is 0.390 e. The molecule has 6 heteroatoms. The number of carbonyl (C=O) groups is 1. The Morgan fingerprint density at radius 2 is 1.73 bits per heavy atom. The average Bonchev–Trinajstić information content (AvgIpc) is 2.75. The minimum atomic E-state index is -0.819. The van der Waals surface area contributed by atoms with Crippen molar-refractivity contribution in [3.05, 3.63) is 40.8 Å². The first-order chi connectivity index (χ1) is 15.8. The van der Waals surface area contributed by atoms with Gasteiger partial charge in [0.2, 0.25) is 5.91 Å². The molecule has 5 aliphatic carbocycles. The Morgan fingerprint density at radius 1 is 1.00 bits per heavy atom. The van der Waals surface area contributed by atoms with Crippen LogP contribution in [0.5, 0.6) is 0 Å². The number of amides is 1. The van der Waals surface area contributed by atoms with Gasteiger partial charge in [-0.25, -0.2) is 0 Å². The summed E-state index contributed by atoms with van der Waals surface area (Å²) in [6, 6.07) is 7.34. The number of nitrogens with one attached hydrogen (secondary N) is 1. The molecule has 0 saturated heterocycles. The summed E-state index contributed by atoms with van der Waals surface area (Å²) >= 11 is 0. The number of benzene rings is 1. The zero-order chi connectivity index (χ0) is 22.8. The highest BCUT2D eigenvalue weighted by Gasteiger charge is 2.60. The molecule has 0 spiro atoms. The first-order valence-corrected chi connectivity index (χ1v) is 12.7. The van der Waals surface area contributed by atoms with E-state index in [1.807, 2.05) is 18.2 Å². The van der Waals surface area contributed by atoms with E-state index in [1.165, 1.54) is 0 Å². The molecule has 2 unspecified atom stereocenters. The summed E-state index contributed by atoms with van der Waals surface area (Å²) in [6.45, 7) is 0.308. The van der Waals surface area contributed by atoms with Crippen molar-refractivity contribution in [2.75, 3.05) is 5.32 Å². The van der Waals surface area contributed by atoms with Crippen LogP contribution in [-0.4, -0.2) is 31.9 Å². The van der Waals surface area contributed by atoms with Crippen LogP contribution in [0.25, 0.3) is 10.8 Å². The van der Waals surface area contributed by atoms with Crippen LogP contribution in [0.1, 0.15) is 70.6 Å². The quantitative estimate of drug-likeness (QED) is 0.657. The van der Waals surface area contributed by atoms with E-state index in [4.69, 9.17) is 0 Å². The number of carbonyl (C=O) groups excluding carboxylic acids is 1. The van der Waals surface area contributed by atoms with Gasteiger partial charge in [0.15, 0.2) is 0 Å². The molecule has 1 heterocycles. The molecule has 5 fully saturated rings. The lowest BCUT2D eigenvalue weighted by Crippen LogP contribution is -2.59. The number of nitrogens with zero attached hydrogens (tertiary/aromatic N) is 1. The van der Waals surface area contributed by atoms with E-state index in [9.17, 15) is 19.8 Å². The number of rotatable bonds is 4. The fraction of sp³-hybridized carbons (Fsp3) is 0.630. The van der Waals surface area contributed by atoms with Crippen LogP contribution in [-0.2, 0) is 11.3 Å². The van der Waals surface area contributed by atoms with E-state index < -0.39 is 16.6 Å². The SMILES string of the molecule is O=C(Nc1cccc2c(=O)n(CC3(O)CCCCC3)ccc12)C12CC3CC(CC(O)(C3)C1)C2. The predicted molar refractivity (Wildman–Crippen MR) is 127 cm³/mol. The Balaban J connectivity index is 1.29. The summed E-state index contributed by atoms with van der Waals surface area (Å²) in [4.78, 5) is 26.8. The molecule has 2 atom stereocenters. The molecular formula is C27H34N2O4. The maximum atomic E-state index is 13.6. The molecule has 7 rings (SSSR count). The number of fused-ring (bicyclic) bond motifs is 1.